The molecule has 0 saturated heterocycles. The Balaban J connectivity index is 3.02. The van der Waals surface area contributed by atoms with Crippen molar-refractivity contribution in [2.45, 2.75) is 40.0 Å². The Kier molecular flexibility index (Phi) is 6.06. The van der Waals surface area contributed by atoms with Gasteiger partial charge in [0, 0.05) is 0 Å². The van der Waals surface area contributed by atoms with E-state index in [1.54, 1.807) is 0 Å². The Morgan fingerprint density at radius 3 is 2.27 bits per heavy atom. The van der Waals surface area contributed by atoms with Crippen LogP contribution in [-0.4, -0.2) is 11.7 Å². The van der Waals surface area contributed by atoms with Crippen molar-refractivity contribution in [1.82, 2.24) is 0 Å². The minimum absolute atomic E-state index is 0.0233. The van der Waals surface area contributed by atoms with Crippen molar-refractivity contribution in [3.05, 3.63) is 0 Å². The smallest absolute Gasteiger partial charge is 0.128 e. The van der Waals surface area contributed by atoms with Crippen molar-refractivity contribution in [3.8, 4) is 0 Å². The summed E-state index contributed by atoms with van der Waals surface area (Å²) in [4.78, 5) is 0. The Labute approximate surface area is 74.6 Å². The molecule has 0 rings (SSSR count). The summed E-state index contributed by atoms with van der Waals surface area (Å²) in [6.07, 6.45) is 3.73. The Morgan fingerprint density at radius 1 is 1.18 bits per heavy atom. The molecule has 0 aromatic heterocycles. The molecule has 11 heavy (non-hydrogen) atoms. The second-order valence-electron chi connectivity index (χ2n) is 4.04. The average molecular weight is 175 g/mol. The standard InChI is InChI=1S/C9H19OS/c1-9(2,3)6-4-5-7-11-8-10/h4-8H2,1-3H3. The van der Waals surface area contributed by atoms with Crippen molar-refractivity contribution in [3.63, 3.8) is 0 Å². The van der Waals surface area contributed by atoms with Crippen LogP contribution in [0.2, 0.25) is 0 Å². The molecule has 1 nitrogen and oxygen atoms in total. The van der Waals surface area contributed by atoms with Crippen LogP contribution < -0.4 is 0 Å². The van der Waals surface area contributed by atoms with Crippen LogP contribution >= 0.6 is 11.8 Å². The summed E-state index contributed by atoms with van der Waals surface area (Å²) in [5.41, 5.74) is 0.460. The van der Waals surface area contributed by atoms with Gasteiger partial charge in [-0.3, -0.25) is 0 Å². The quantitative estimate of drug-likeness (QED) is 0.463. The third kappa shape index (κ3) is 10.3. The van der Waals surface area contributed by atoms with Gasteiger partial charge in [0.2, 0.25) is 0 Å². The van der Waals surface area contributed by atoms with Crippen molar-refractivity contribution in [2.24, 2.45) is 5.41 Å². The first-order valence-corrected chi connectivity index (χ1v) is 5.37. The first-order valence-electron chi connectivity index (χ1n) is 4.22. The Morgan fingerprint density at radius 2 is 1.82 bits per heavy atom. The molecule has 1 radical (unpaired) electrons. The maximum atomic E-state index is 10.1. The highest BCUT2D eigenvalue weighted by atomic mass is 32.2. The number of thioether (sulfide) groups is 1. The highest BCUT2D eigenvalue weighted by molar-refractivity contribution is 7.99. The predicted octanol–water partition coefficient (Wildman–Crippen LogP) is 3.32. The van der Waals surface area contributed by atoms with Crippen molar-refractivity contribution in [2.75, 3.05) is 11.7 Å². The van der Waals surface area contributed by atoms with Crippen LogP contribution in [0.5, 0.6) is 0 Å². The van der Waals surface area contributed by atoms with Gasteiger partial charge in [-0.2, -0.15) is 0 Å². The molecule has 67 valence electrons. The summed E-state index contributed by atoms with van der Waals surface area (Å²) in [5.74, 6) is 1.06. The maximum Gasteiger partial charge on any atom is 0.128 e. The van der Waals surface area contributed by atoms with Crippen LogP contribution in [0, 0.1) is 5.41 Å². The summed E-state index contributed by atoms with van der Waals surface area (Å²) in [6, 6.07) is 0. The van der Waals surface area contributed by atoms with Crippen molar-refractivity contribution in [1.29, 1.82) is 0 Å². The van der Waals surface area contributed by atoms with Gasteiger partial charge >= 0.3 is 0 Å². The fraction of sp³-hybridized carbons (Fsp3) is 1.00. The topological polar surface area (TPSA) is 19.9 Å². The summed E-state index contributed by atoms with van der Waals surface area (Å²) in [5, 5.41) is 10.1. The van der Waals surface area contributed by atoms with Crippen molar-refractivity contribution < 1.29 is 5.11 Å². The molecule has 0 bridgehead atoms. The van der Waals surface area contributed by atoms with Gasteiger partial charge in [-0.05, 0) is 24.0 Å². The molecule has 0 aromatic carbocycles. The van der Waals surface area contributed by atoms with E-state index in [1.165, 1.54) is 31.0 Å². The van der Waals surface area contributed by atoms with E-state index in [1.807, 2.05) is 0 Å². The lowest BCUT2D eigenvalue weighted by molar-refractivity contribution is 0.260. The van der Waals surface area contributed by atoms with Crippen LogP contribution in [0.1, 0.15) is 40.0 Å². The minimum atomic E-state index is 0.0233. The molecule has 0 aliphatic rings. The second-order valence-corrected chi connectivity index (χ2v) is 5.10. The fourth-order valence-electron chi connectivity index (χ4n) is 0.918. The first kappa shape index (κ1) is 11.3. The third-order valence-corrected chi connectivity index (χ3v) is 2.29. The van der Waals surface area contributed by atoms with Crippen LogP contribution in [0.15, 0.2) is 0 Å². The van der Waals surface area contributed by atoms with E-state index in [2.05, 4.69) is 20.8 Å². The van der Waals surface area contributed by atoms with Gasteiger partial charge in [-0.1, -0.05) is 27.2 Å². The monoisotopic (exact) mass is 175 g/mol. The molecule has 0 saturated carbocycles. The molecule has 2 heteroatoms. The second kappa shape index (κ2) is 5.90. The van der Waals surface area contributed by atoms with Gasteiger partial charge in [0.25, 0.3) is 0 Å². The summed E-state index contributed by atoms with van der Waals surface area (Å²) < 4.78 is 0. The molecular formula is C9H19OS. The number of hydrogen-bond donors (Lipinski definition) is 0. The van der Waals surface area contributed by atoms with E-state index in [0.29, 0.717) is 5.41 Å². The third-order valence-electron chi connectivity index (χ3n) is 1.55. The van der Waals surface area contributed by atoms with Gasteiger partial charge in [-0.25, -0.2) is 5.11 Å². The zero-order valence-electron chi connectivity index (χ0n) is 7.85. The average Bonchev–Trinajstić information content (AvgIpc) is 1.85. The van der Waals surface area contributed by atoms with Crippen LogP contribution in [-0.2, 0) is 5.11 Å². The SMILES string of the molecule is CC(C)(C)CCCCSC[O]. The molecule has 0 aliphatic heterocycles. The molecule has 0 amide bonds. The normalized spacial score (nSPS) is 12.0. The molecule has 0 fully saturated rings. The number of hydrogen-bond acceptors (Lipinski definition) is 1. The van der Waals surface area contributed by atoms with Gasteiger partial charge in [0.1, 0.15) is 5.94 Å². The van der Waals surface area contributed by atoms with Gasteiger partial charge in [0.15, 0.2) is 0 Å². The molecule has 0 unspecified atom stereocenters. The lowest BCUT2D eigenvalue weighted by Crippen LogP contribution is -2.04. The summed E-state index contributed by atoms with van der Waals surface area (Å²) in [6.45, 7) is 6.77. The van der Waals surface area contributed by atoms with E-state index >= 15 is 0 Å². The number of rotatable bonds is 5. The highest BCUT2D eigenvalue weighted by Gasteiger charge is 2.08. The largest absolute Gasteiger partial charge is 0.225 e. The molecule has 0 atom stereocenters. The van der Waals surface area contributed by atoms with Gasteiger partial charge in [-0.15, -0.1) is 11.8 Å². The molecule has 0 spiro atoms. The minimum Gasteiger partial charge on any atom is -0.225 e. The zero-order chi connectivity index (χ0) is 8.74. The lowest BCUT2D eigenvalue weighted by atomic mass is 9.90. The lowest BCUT2D eigenvalue weighted by Gasteiger charge is -2.17. The van der Waals surface area contributed by atoms with Crippen LogP contribution in [0.3, 0.4) is 0 Å². The van der Waals surface area contributed by atoms with E-state index in [0.717, 1.165) is 5.75 Å². The van der Waals surface area contributed by atoms with Crippen LogP contribution in [0.4, 0.5) is 0 Å². The first-order chi connectivity index (χ1) is 5.06. The Hall–Kier alpha value is 0.310. The van der Waals surface area contributed by atoms with E-state index in [9.17, 15) is 5.11 Å². The summed E-state index contributed by atoms with van der Waals surface area (Å²) in [7, 11) is 0. The maximum absolute atomic E-state index is 10.1. The molecule has 0 aromatic rings. The molecule has 0 aliphatic carbocycles. The highest BCUT2D eigenvalue weighted by Crippen LogP contribution is 2.21. The van der Waals surface area contributed by atoms with Gasteiger partial charge < -0.3 is 0 Å². The van der Waals surface area contributed by atoms with E-state index in [-0.39, 0.29) is 5.94 Å². The molecule has 0 N–H and O–H groups in total. The van der Waals surface area contributed by atoms with E-state index < -0.39 is 0 Å². The Bertz CT molecular complexity index is 86.1. The van der Waals surface area contributed by atoms with Crippen LogP contribution in [0.25, 0.3) is 0 Å². The summed E-state index contributed by atoms with van der Waals surface area (Å²) >= 11 is 1.50. The molecule has 0 heterocycles. The van der Waals surface area contributed by atoms with E-state index in [4.69, 9.17) is 0 Å². The van der Waals surface area contributed by atoms with Gasteiger partial charge in [0.05, 0.1) is 0 Å². The zero-order valence-corrected chi connectivity index (χ0v) is 8.67. The molecular weight excluding hydrogens is 156 g/mol. The van der Waals surface area contributed by atoms with Crippen molar-refractivity contribution >= 4 is 11.8 Å². The number of unbranched alkanes of at least 4 members (excludes halogenated alkanes) is 1. The predicted molar refractivity (Wildman–Crippen MR) is 51.3 cm³/mol. The fourth-order valence-corrected chi connectivity index (χ4v) is 1.44.